The Bertz CT molecular complexity index is 1880. The highest BCUT2D eigenvalue weighted by molar-refractivity contribution is 7.22. The third-order valence-corrected chi connectivity index (χ3v) is 10.5. The molecule has 5 heterocycles. The van der Waals surface area contributed by atoms with Crippen LogP contribution >= 0.6 is 11.3 Å². The second-order valence-electron chi connectivity index (χ2n) is 13.6. The van der Waals surface area contributed by atoms with Gasteiger partial charge in [-0.1, -0.05) is 18.2 Å². The molecule has 0 unspecified atom stereocenters. The lowest BCUT2D eigenvalue weighted by Crippen LogP contribution is -2.50. The summed E-state index contributed by atoms with van der Waals surface area (Å²) in [4.78, 5) is 48.1. The Labute approximate surface area is 270 Å². The van der Waals surface area contributed by atoms with E-state index in [1.54, 1.807) is 38.6 Å². The number of fused-ring (bicyclic) bond motifs is 3. The molecule has 244 valence electrons. The second-order valence-corrected chi connectivity index (χ2v) is 14.6. The zero-order chi connectivity index (χ0) is 32.4. The smallest absolute Gasteiger partial charge is 0.333 e. The predicted molar refractivity (Wildman–Crippen MR) is 171 cm³/mol. The van der Waals surface area contributed by atoms with Crippen molar-refractivity contribution in [2.24, 2.45) is 0 Å². The number of rotatable bonds is 9. The number of hydrogen-bond donors (Lipinski definition) is 0. The van der Waals surface area contributed by atoms with Crippen LogP contribution in [0.3, 0.4) is 0 Å². The maximum absolute atomic E-state index is 14.7. The number of para-hydroxylation sites is 1. The lowest BCUT2D eigenvalue weighted by atomic mass is 10.0. The molecule has 0 spiro atoms. The molecule has 0 amide bonds. The number of thiophene rings is 1. The summed E-state index contributed by atoms with van der Waals surface area (Å²) in [5.41, 5.74) is -1.86. The number of carbonyl (C=O) groups is 1. The molecule has 1 aromatic carbocycles. The van der Waals surface area contributed by atoms with Crippen LogP contribution in [0.15, 0.2) is 50.7 Å². The van der Waals surface area contributed by atoms with Crippen molar-refractivity contribution in [1.82, 2.24) is 14.1 Å². The monoisotopic (exact) mass is 649 g/mol. The van der Waals surface area contributed by atoms with E-state index < -0.39 is 34.5 Å². The summed E-state index contributed by atoms with van der Waals surface area (Å²) in [6.07, 6.45) is 6.86. The molecule has 7 rings (SSSR count). The largest absolute Gasteiger partial charge is 0.496 e. The normalized spacial score (nSPS) is 22.6. The first-order valence-electron chi connectivity index (χ1n) is 15.9. The van der Waals surface area contributed by atoms with Crippen LogP contribution in [-0.2, 0) is 31.1 Å². The minimum absolute atomic E-state index is 0.0808. The van der Waals surface area contributed by atoms with Gasteiger partial charge in [-0.3, -0.25) is 9.36 Å². The number of aryl methyl sites for hydroxylation is 1. The van der Waals surface area contributed by atoms with Crippen LogP contribution in [0.4, 0.5) is 0 Å². The fourth-order valence-electron chi connectivity index (χ4n) is 6.90. The van der Waals surface area contributed by atoms with Crippen molar-refractivity contribution >= 4 is 27.5 Å². The van der Waals surface area contributed by atoms with Crippen LogP contribution < -0.4 is 16.0 Å². The zero-order valence-electron chi connectivity index (χ0n) is 26.7. The summed E-state index contributed by atoms with van der Waals surface area (Å²) in [7, 11) is 1.61. The Hall–Kier alpha value is -3.74. The minimum atomic E-state index is -1.38. The first kappa shape index (κ1) is 30.9. The molecule has 3 atom stereocenters. The maximum atomic E-state index is 14.7. The molecule has 11 nitrogen and oxygen atoms in total. The summed E-state index contributed by atoms with van der Waals surface area (Å²) >= 11 is 1.27. The lowest BCUT2D eigenvalue weighted by Gasteiger charge is -2.32. The molecule has 1 aliphatic carbocycles. The minimum Gasteiger partial charge on any atom is -0.496 e. The fraction of sp³-hybridized carbons (Fsp3) is 0.529. The molecule has 2 saturated heterocycles. The van der Waals surface area contributed by atoms with Crippen molar-refractivity contribution in [3.63, 3.8) is 0 Å². The molecular weight excluding hydrogens is 610 g/mol. The predicted octanol–water partition coefficient (Wildman–Crippen LogP) is 5.50. The highest BCUT2D eigenvalue weighted by Gasteiger charge is 2.56. The third-order valence-electron chi connectivity index (χ3n) is 9.21. The van der Waals surface area contributed by atoms with Gasteiger partial charge in [0, 0.05) is 5.56 Å². The van der Waals surface area contributed by atoms with Crippen LogP contribution in [-0.4, -0.2) is 51.1 Å². The van der Waals surface area contributed by atoms with E-state index in [4.69, 9.17) is 23.4 Å². The Morgan fingerprint density at radius 3 is 2.50 bits per heavy atom. The van der Waals surface area contributed by atoms with Crippen LogP contribution in [0, 0.1) is 6.92 Å². The van der Waals surface area contributed by atoms with Crippen LogP contribution in [0.25, 0.3) is 21.0 Å². The van der Waals surface area contributed by atoms with E-state index in [0.717, 1.165) is 35.8 Å². The number of esters is 1. The Morgan fingerprint density at radius 1 is 1.15 bits per heavy atom. The number of methoxy groups -OCH3 is 1. The van der Waals surface area contributed by atoms with Gasteiger partial charge in [0.2, 0.25) is 5.89 Å². The van der Waals surface area contributed by atoms with Crippen LogP contribution in [0.5, 0.6) is 5.75 Å². The van der Waals surface area contributed by atoms with E-state index >= 15 is 0 Å². The molecule has 46 heavy (non-hydrogen) atoms. The van der Waals surface area contributed by atoms with Crippen LogP contribution in [0.1, 0.15) is 76.5 Å². The Morgan fingerprint density at radius 2 is 1.87 bits per heavy atom. The van der Waals surface area contributed by atoms with E-state index in [9.17, 15) is 14.4 Å². The van der Waals surface area contributed by atoms with Gasteiger partial charge in [0.25, 0.3) is 5.56 Å². The molecule has 2 bridgehead atoms. The number of nitrogens with zero attached hydrogens (tertiary/aromatic N) is 3. The molecular formula is C34H39N3O8S. The van der Waals surface area contributed by atoms with E-state index in [1.165, 1.54) is 17.6 Å². The molecule has 3 fully saturated rings. The number of hydrogen-bond acceptors (Lipinski definition) is 10. The number of benzene rings is 1. The highest BCUT2D eigenvalue weighted by atomic mass is 32.1. The zero-order valence-corrected chi connectivity index (χ0v) is 27.6. The first-order chi connectivity index (χ1) is 22.0. The van der Waals surface area contributed by atoms with Gasteiger partial charge >= 0.3 is 11.7 Å². The second kappa shape index (κ2) is 11.5. The van der Waals surface area contributed by atoms with Crippen molar-refractivity contribution in [2.45, 2.75) is 108 Å². The first-order valence-corrected chi connectivity index (χ1v) is 16.7. The summed E-state index contributed by atoms with van der Waals surface area (Å²) in [5, 5.41) is 0.343. The van der Waals surface area contributed by atoms with Gasteiger partial charge in [0.15, 0.2) is 5.54 Å². The number of ether oxygens (including phenoxy) is 4. The van der Waals surface area contributed by atoms with Crippen molar-refractivity contribution in [3.8, 4) is 16.5 Å². The Balaban J connectivity index is 1.41. The number of carbonyl (C=O) groups excluding carboxylic acids is 1. The highest BCUT2D eigenvalue weighted by Crippen LogP contribution is 2.45. The molecule has 2 aliphatic heterocycles. The molecule has 12 heteroatoms. The third kappa shape index (κ3) is 5.39. The molecule has 3 aromatic heterocycles. The lowest BCUT2D eigenvalue weighted by molar-refractivity contribution is -0.161. The van der Waals surface area contributed by atoms with E-state index in [2.05, 4.69) is 4.98 Å². The number of aromatic nitrogens is 3. The van der Waals surface area contributed by atoms with Crippen LogP contribution in [0.2, 0.25) is 0 Å². The van der Waals surface area contributed by atoms with Gasteiger partial charge in [-0.25, -0.2) is 19.1 Å². The fourth-order valence-corrected chi connectivity index (χ4v) is 8.14. The van der Waals surface area contributed by atoms with Crippen molar-refractivity contribution in [3.05, 3.63) is 68.7 Å². The van der Waals surface area contributed by atoms with Crippen molar-refractivity contribution in [1.29, 1.82) is 0 Å². The van der Waals surface area contributed by atoms with Gasteiger partial charge in [0.05, 0.1) is 48.4 Å². The van der Waals surface area contributed by atoms with E-state index in [-0.39, 0.29) is 24.9 Å². The van der Waals surface area contributed by atoms with Gasteiger partial charge in [-0.15, -0.1) is 11.3 Å². The Kier molecular flexibility index (Phi) is 7.72. The molecule has 0 N–H and O–H groups in total. The van der Waals surface area contributed by atoms with Crippen molar-refractivity contribution < 1.29 is 28.2 Å². The number of oxazole rings is 1. The molecule has 1 saturated carbocycles. The van der Waals surface area contributed by atoms with Gasteiger partial charge < -0.3 is 23.4 Å². The standard InChI is InChI=1S/C34H39N3O8S/c1-19-26-29(38)37(34(12-13-34)31(39)45-33(2,3)4)32(40)36(30(26)46-27(19)28-35-14-15-42-28)18-25(23-8-6-7-9-24(23)41-5)44-22-16-20-10-11-21(17-22)43-20/h6-9,14-15,20-22,25H,10-13,16-18H2,1-5H3/t20-,21-,25+/m1/s1. The summed E-state index contributed by atoms with van der Waals surface area (Å²) in [6.45, 7) is 7.22. The average Bonchev–Trinajstić information content (AvgIpc) is 3.29. The maximum Gasteiger partial charge on any atom is 0.333 e. The molecule has 3 aliphatic rings. The van der Waals surface area contributed by atoms with Gasteiger partial charge in [-0.2, -0.15) is 0 Å². The summed E-state index contributed by atoms with van der Waals surface area (Å²) in [6, 6.07) is 7.62. The summed E-state index contributed by atoms with van der Waals surface area (Å²) in [5.74, 6) is 0.406. The molecule has 0 radical (unpaired) electrons. The van der Waals surface area contributed by atoms with Gasteiger partial charge in [0.1, 0.15) is 28.5 Å². The SMILES string of the molecule is COc1ccccc1[C@H](Cn1c(=O)n(C2(C(=O)OC(C)(C)C)CC2)c(=O)c2c(C)c(-c3ncco3)sc21)OC1C[C@H]2CC[C@H](C1)O2. The quantitative estimate of drug-likeness (QED) is 0.216. The summed E-state index contributed by atoms with van der Waals surface area (Å²) < 4.78 is 32.8. The molecule has 4 aromatic rings. The van der Waals surface area contributed by atoms with Gasteiger partial charge in [-0.05, 0) is 77.8 Å². The van der Waals surface area contributed by atoms with E-state index in [1.807, 2.05) is 31.2 Å². The topological polar surface area (TPSA) is 124 Å². The van der Waals surface area contributed by atoms with Crippen molar-refractivity contribution in [2.75, 3.05) is 7.11 Å². The van der Waals surface area contributed by atoms with E-state index in [0.29, 0.717) is 45.1 Å². The average molecular weight is 650 g/mol.